The fourth-order valence-electron chi connectivity index (χ4n) is 9.56. The molecule has 290 valence electrons. The van der Waals surface area contributed by atoms with Crippen LogP contribution in [0.1, 0.15) is 0 Å². The van der Waals surface area contributed by atoms with E-state index in [1.54, 1.807) is 0 Å². The summed E-state index contributed by atoms with van der Waals surface area (Å²) >= 11 is 1.87. The Balaban J connectivity index is 0.920. The number of thiophene rings is 1. The van der Waals surface area contributed by atoms with Crippen LogP contribution in [0.15, 0.2) is 221 Å². The fourth-order valence-corrected chi connectivity index (χ4v) is 10.8. The van der Waals surface area contributed by atoms with Gasteiger partial charge in [0.05, 0.1) is 0 Å². The molecule has 0 spiro atoms. The number of furan rings is 2. The van der Waals surface area contributed by atoms with Crippen molar-refractivity contribution in [1.29, 1.82) is 0 Å². The maximum atomic E-state index is 6.55. The van der Waals surface area contributed by atoms with Crippen molar-refractivity contribution in [3.63, 3.8) is 0 Å². The van der Waals surface area contributed by atoms with Gasteiger partial charge in [-0.15, -0.1) is 11.3 Å². The van der Waals surface area contributed by atoms with Crippen LogP contribution >= 0.6 is 11.3 Å². The van der Waals surface area contributed by atoms with E-state index in [9.17, 15) is 0 Å². The molecule has 0 saturated carbocycles. The summed E-state index contributed by atoms with van der Waals surface area (Å²) in [5, 5.41) is 9.45. The van der Waals surface area contributed by atoms with Crippen LogP contribution in [-0.4, -0.2) is 0 Å². The number of hydrogen-bond acceptors (Lipinski definition) is 4. The predicted octanol–water partition coefficient (Wildman–Crippen LogP) is 17.5. The van der Waals surface area contributed by atoms with Gasteiger partial charge in [0.2, 0.25) is 0 Å². The summed E-state index contributed by atoms with van der Waals surface area (Å²) in [6.45, 7) is 0. The molecule has 0 aliphatic rings. The SMILES string of the molecule is c1ccc2c(c1)ccc1c2oc2cccc(-c3ccc(N(c4ccc(-c5cccc6c5oc5ccccc56)cc4)c4ccc(-c5cccc6c5sc5ccccc56)cc4)cc3)c21. The molecule has 3 aromatic heterocycles. The van der Waals surface area contributed by atoms with Crippen LogP contribution in [0.2, 0.25) is 0 Å². The lowest BCUT2D eigenvalue weighted by molar-refractivity contribution is 0.670. The summed E-state index contributed by atoms with van der Waals surface area (Å²) in [6.07, 6.45) is 0. The summed E-state index contributed by atoms with van der Waals surface area (Å²) in [5.41, 5.74) is 13.8. The summed E-state index contributed by atoms with van der Waals surface area (Å²) in [6, 6.07) is 76.1. The molecule has 10 aromatic carbocycles. The number of rotatable bonds is 6. The van der Waals surface area contributed by atoms with Gasteiger partial charge >= 0.3 is 0 Å². The Morgan fingerprint density at radius 3 is 1.61 bits per heavy atom. The minimum Gasteiger partial charge on any atom is -0.455 e. The zero-order valence-corrected chi connectivity index (χ0v) is 34.2. The van der Waals surface area contributed by atoms with Gasteiger partial charge in [0.25, 0.3) is 0 Å². The molecule has 0 aliphatic heterocycles. The van der Waals surface area contributed by atoms with Crippen molar-refractivity contribution in [1.82, 2.24) is 0 Å². The largest absolute Gasteiger partial charge is 0.455 e. The molecule has 0 amide bonds. The van der Waals surface area contributed by atoms with E-state index in [0.717, 1.165) is 88.6 Å². The fraction of sp³-hybridized carbons (Fsp3) is 0. The second-order valence-corrected chi connectivity index (χ2v) is 17.0. The van der Waals surface area contributed by atoms with Crippen LogP contribution in [0.5, 0.6) is 0 Å². The number of anilines is 3. The highest BCUT2D eigenvalue weighted by Gasteiger charge is 2.19. The molecule has 0 aliphatic carbocycles. The number of para-hydroxylation sites is 2. The molecular formula is C58H35NO2S. The summed E-state index contributed by atoms with van der Waals surface area (Å²) in [4.78, 5) is 2.35. The second-order valence-electron chi connectivity index (χ2n) is 16.0. The Morgan fingerprint density at radius 2 is 0.855 bits per heavy atom. The van der Waals surface area contributed by atoms with Gasteiger partial charge in [-0.25, -0.2) is 0 Å². The predicted molar refractivity (Wildman–Crippen MR) is 262 cm³/mol. The Hall–Kier alpha value is -7.92. The van der Waals surface area contributed by atoms with E-state index in [-0.39, 0.29) is 0 Å². The first-order valence-electron chi connectivity index (χ1n) is 21.0. The quantitative estimate of drug-likeness (QED) is 0.168. The molecule has 3 heterocycles. The number of benzene rings is 10. The minimum atomic E-state index is 0.893. The lowest BCUT2D eigenvalue weighted by atomic mass is 9.97. The third-order valence-electron chi connectivity index (χ3n) is 12.5. The van der Waals surface area contributed by atoms with Gasteiger partial charge < -0.3 is 13.7 Å². The van der Waals surface area contributed by atoms with E-state index in [2.05, 4.69) is 205 Å². The zero-order valence-electron chi connectivity index (χ0n) is 33.4. The molecule has 13 rings (SSSR count). The molecule has 0 atom stereocenters. The standard InChI is InChI=1S/C58H35NO2S/c1-2-11-44-36(10-1)28-35-51-55-43(14-9-20-53(55)61-57(44)51)37-22-29-40(30-23-37)59(41-31-24-38(25-32-41)45-15-7-17-49-47-12-3-5-19-52(47)60-56(45)49)42-33-26-39(27-34-42)46-16-8-18-50-48-13-4-6-21-54(48)62-58(46)50/h1-35H. The van der Waals surface area contributed by atoms with E-state index in [1.165, 1.54) is 36.7 Å². The third-order valence-corrected chi connectivity index (χ3v) is 13.7. The van der Waals surface area contributed by atoms with Crippen molar-refractivity contribution < 1.29 is 8.83 Å². The first-order valence-corrected chi connectivity index (χ1v) is 21.8. The first kappa shape index (κ1) is 34.9. The van der Waals surface area contributed by atoms with Crippen molar-refractivity contribution in [2.45, 2.75) is 0 Å². The van der Waals surface area contributed by atoms with Crippen molar-refractivity contribution in [2.24, 2.45) is 0 Å². The van der Waals surface area contributed by atoms with E-state index < -0.39 is 0 Å². The molecule has 13 aromatic rings. The number of fused-ring (bicyclic) bond motifs is 11. The Morgan fingerprint density at radius 1 is 0.323 bits per heavy atom. The number of hydrogen-bond donors (Lipinski definition) is 0. The van der Waals surface area contributed by atoms with Crippen LogP contribution in [-0.2, 0) is 0 Å². The van der Waals surface area contributed by atoms with Crippen LogP contribution < -0.4 is 4.90 Å². The molecule has 4 heteroatoms. The first-order chi connectivity index (χ1) is 30.7. The lowest BCUT2D eigenvalue weighted by Gasteiger charge is -2.26. The molecule has 0 fully saturated rings. The Bertz CT molecular complexity index is 3700. The van der Waals surface area contributed by atoms with Crippen molar-refractivity contribution >= 4 is 103 Å². The summed E-state index contributed by atoms with van der Waals surface area (Å²) in [7, 11) is 0. The molecule has 0 N–H and O–H groups in total. The topological polar surface area (TPSA) is 29.5 Å². The number of nitrogens with zero attached hydrogens (tertiary/aromatic N) is 1. The van der Waals surface area contributed by atoms with Crippen LogP contribution in [0.25, 0.3) is 108 Å². The van der Waals surface area contributed by atoms with Crippen LogP contribution in [0.4, 0.5) is 17.1 Å². The van der Waals surface area contributed by atoms with E-state index in [0.29, 0.717) is 0 Å². The monoisotopic (exact) mass is 809 g/mol. The average Bonchev–Trinajstić information content (AvgIpc) is 4.04. The van der Waals surface area contributed by atoms with E-state index in [1.807, 2.05) is 23.5 Å². The van der Waals surface area contributed by atoms with Crippen molar-refractivity contribution in [3.8, 4) is 33.4 Å². The summed E-state index contributed by atoms with van der Waals surface area (Å²) < 4.78 is 15.6. The highest BCUT2D eigenvalue weighted by Crippen LogP contribution is 2.44. The average molecular weight is 810 g/mol. The second kappa shape index (κ2) is 13.8. The highest BCUT2D eigenvalue weighted by molar-refractivity contribution is 7.26. The molecule has 62 heavy (non-hydrogen) atoms. The maximum absolute atomic E-state index is 6.55. The molecule has 3 nitrogen and oxygen atoms in total. The lowest BCUT2D eigenvalue weighted by Crippen LogP contribution is -2.09. The summed E-state index contributed by atoms with van der Waals surface area (Å²) in [5.74, 6) is 0. The molecule has 0 saturated heterocycles. The van der Waals surface area contributed by atoms with Gasteiger partial charge in [-0.05, 0) is 93.9 Å². The molecule has 0 bridgehead atoms. The third kappa shape index (κ3) is 5.44. The van der Waals surface area contributed by atoms with E-state index in [4.69, 9.17) is 8.83 Å². The normalized spacial score (nSPS) is 11.9. The molecular weight excluding hydrogens is 775 g/mol. The van der Waals surface area contributed by atoms with Gasteiger partial charge in [0.15, 0.2) is 0 Å². The van der Waals surface area contributed by atoms with Crippen molar-refractivity contribution in [2.75, 3.05) is 4.90 Å². The zero-order chi connectivity index (χ0) is 40.7. The Labute approximate surface area is 360 Å². The van der Waals surface area contributed by atoms with Gasteiger partial charge in [-0.2, -0.15) is 0 Å². The smallest absolute Gasteiger partial charge is 0.143 e. The van der Waals surface area contributed by atoms with E-state index >= 15 is 0 Å². The van der Waals surface area contributed by atoms with Gasteiger partial charge in [0, 0.05) is 69.7 Å². The van der Waals surface area contributed by atoms with Gasteiger partial charge in [-0.3, -0.25) is 0 Å². The van der Waals surface area contributed by atoms with Gasteiger partial charge in [-0.1, -0.05) is 152 Å². The van der Waals surface area contributed by atoms with Crippen LogP contribution in [0, 0.1) is 0 Å². The molecule has 0 unspecified atom stereocenters. The van der Waals surface area contributed by atoms with Crippen molar-refractivity contribution in [3.05, 3.63) is 212 Å². The minimum absolute atomic E-state index is 0.893. The van der Waals surface area contributed by atoms with Gasteiger partial charge in [0.1, 0.15) is 22.3 Å². The Kier molecular flexibility index (Phi) is 7.78. The highest BCUT2D eigenvalue weighted by atomic mass is 32.1. The van der Waals surface area contributed by atoms with Crippen LogP contribution in [0.3, 0.4) is 0 Å². The molecule has 0 radical (unpaired) electrons. The maximum Gasteiger partial charge on any atom is 0.143 e.